The molecule has 2 heterocycles. The van der Waals surface area contributed by atoms with Crippen LogP contribution >= 0.6 is 0 Å². The standard InChI is InChI=1S/C11H15N3O7/c1-20-8-7(17)6(3-15)21-10(8)14-2-5(12-4-16)9(18)13-11(14)19/h2,4,6-8,10,15,17H,3H2,1H3,(H,12,16)(H,13,18,19)/t6-,7-,8-,10-/m1/s1. The number of hydrogen-bond donors (Lipinski definition) is 4. The van der Waals surface area contributed by atoms with Crippen LogP contribution in [0.4, 0.5) is 5.69 Å². The summed E-state index contributed by atoms with van der Waals surface area (Å²) in [4.78, 5) is 35.8. The molecule has 4 atom stereocenters. The van der Waals surface area contributed by atoms with E-state index in [-0.39, 0.29) is 12.1 Å². The molecule has 2 rings (SSSR count). The van der Waals surface area contributed by atoms with Crippen LogP contribution in [0.5, 0.6) is 0 Å². The third kappa shape index (κ3) is 2.74. The number of carbonyl (C=O) groups excluding carboxylic acids is 1. The van der Waals surface area contributed by atoms with Crippen molar-refractivity contribution in [2.75, 3.05) is 19.0 Å². The predicted molar refractivity (Wildman–Crippen MR) is 68.8 cm³/mol. The van der Waals surface area contributed by atoms with Gasteiger partial charge >= 0.3 is 5.69 Å². The molecule has 4 N–H and O–H groups in total. The normalized spacial score (nSPS) is 28.5. The van der Waals surface area contributed by atoms with E-state index >= 15 is 0 Å². The molecule has 1 amide bonds. The van der Waals surface area contributed by atoms with Crippen LogP contribution in [0.15, 0.2) is 15.8 Å². The van der Waals surface area contributed by atoms with Gasteiger partial charge in [0.05, 0.1) is 6.61 Å². The Balaban J connectivity index is 2.45. The van der Waals surface area contributed by atoms with E-state index in [4.69, 9.17) is 14.6 Å². The lowest BCUT2D eigenvalue weighted by Gasteiger charge is -2.20. The highest BCUT2D eigenvalue weighted by Crippen LogP contribution is 2.30. The number of amides is 1. The summed E-state index contributed by atoms with van der Waals surface area (Å²) in [6.07, 6.45) is -2.69. The van der Waals surface area contributed by atoms with E-state index in [1.807, 2.05) is 4.98 Å². The summed E-state index contributed by atoms with van der Waals surface area (Å²) in [7, 11) is 1.31. The summed E-state index contributed by atoms with van der Waals surface area (Å²) in [5.41, 5.74) is -1.73. The number of aromatic amines is 1. The van der Waals surface area contributed by atoms with Gasteiger partial charge in [0.15, 0.2) is 6.23 Å². The van der Waals surface area contributed by atoms with Crippen LogP contribution < -0.4 is 16.6 Å². The molecule has 0 unspecified atom stereocenters. The second-order valence-corrected chi connectivity index (χ2v) is 4.41. The predicted octanol–water partition coefficient (Wildman–Crippen LogP) is -2.63. The minimum absolute atomic E-state index is 0.162. The quantitative estimate of drug-likeness (QED) is 0.436. The van der Waals surface area contributed by atoms with Crippen molar-refractivity contribution in [1.82, 2.24) is 9.55 Å². The maximum atomic E-state index is 11.9. The van der Waals surface area contributed by atoms with Gasteiger partial charge in [-0.25, -0.2) is 4.79 Å². The first-order valence-corrected chi connectivity index (χ1v) is 6.06. The summed E-state index contributed by atoms with van der Waals surface area (Å²) in [5, 5.41) is 21.2. The molecule has 1 aromatic rings. The number of aliphatic hydroxyl groups is 2. The lowest BCUT2D eigenvalue weighted by molar-refractivity contribution is -0.105. The number of nitrogens with zero attached hydrogens (tertiary/aromatic N) is 1. The molecule has 10 nitrogen and oxygen atoms in total. The molecular formula is C11H15N3O7. The first kappa shape index (κ1) is 15.4. The molecule has 10 heteroatoms. The second-order valence-electron chi connectivity index (χ2n) is 4.41. The highest BCUT2D eigenvalue weighted by atomic mass is 16.6. The number of hydrogen-bond acceptors (Lipinski definition) is 7. The van der Waals surface area contributed by atoms with Gasteiger partial charge < -0.3 is 25.0 Å². The van der Waals surface area contributed by atoms with E-state index < -0.39 is 42.4 Å². The van der Waals surface area contributed by atoms with Crippen LogP contribution in [0.3, 0.4) is 0 Å². The minimum Gasteiger partial charge on any atom is -0.394 e. The van der Waals surface area contributed by atoms with Crippen LogP contribution in [-0.2, 0) is 14.3 Å². The lowest BCUT2D eigenvalue weighted by atomic mass is 10.1. The van der Waals surface area contributed by atoms with Gasteiger partial charge in [0, 0.05) is 13.3 Å². The Kier molecular flexibility index (Phi) is 4.53. The first-order valence-electron chi connectivity index (χ1n) is 6.06. The number of aliphatic hydroxyl groups excluding tert-OH is 2. The first-order chi connectivity index (χ1) is 10.0. The molecule has 1 saturated heterocycles. The molecule has 0 spiro atoms. The van der Waals surface area contributed by atoms with Crippen molar-refractivity contribution >= 4 is 12.1 Å². The number of anilines is 1. The van der Waals surface area contributed by atoms with E-state index in [0.717, 1.165) is 10.8 Å². The average molecular weight is 301 g/mol. The number of H-pyrrole nitrogens is 1. The lowest BCUT2D eigenvalue weighted by Crippen LogP contribution is -2.39. The smallest absolute Gasteiger partial charge is 0.330 e. The topological polar surface area (TPSA) is 143 Å². The Morgan fingerprint density at radius 1 is 1.57 bits per heavy atom. The van der Waals surface area contributed by atoms with E-state index in [9.17, 15) is 19.5 Å². The highest BCUT2D eigenvalue weighted by Gasteiger charge is 2.45. The summed E-state index contributed by atoms with van der Waals surface area (Å²) >= 11 is 0. The Morgan fingerprint density at radius 2 is 2.29 bits per heavy atom. The average Bonchev–Trinajstić information content (AvgIpc) is 2.78. The Bertz CT molecular complexity index is 625. The fourth-order valence-corrected chi connectivity index (χ4v) is 2.19. The number of rotatable bonds is 5. The number of carbonyl (C=O) groups is 1. The molecule has 116 valence electrons. The molecule has 1 aliphatic heterocycles. The van der Waals surface area contributed by atoms with Crippen LogP contribution in [0, 0.1) is 0 Å². The monoisotopic (exact) mass is 301 g/mol. The zero-order chi connectivity index (χ0) is 15.6. The molecule has 0 aromatic carbocycles. The highest BCUT2D eigenvalue weighted by molar-refractivity contribution is 5.69. The maximum absolute atomic E-state index is 11.9. The molecule has 0 aliphatic carbocycles. The van der Waals surface area contributed by atoms with Crippen molar-refractivity contribution in [3.05, 3.63) is 27.0 Å². The van der Waals surface area contributed by atoms with Crippen molar-refractivity contribution < 1.29 is 24.5 Å². The van der Waals surface area contributed by atoms with E-state index in [1.165, 1.54) is 7.11 Å². The fourth-order valence-electron chi connectivity index (χ4n) is 2.19. The molecule has 1 aliphatic rings. The molecule has 1 aromatic heterocycles. The third-order valence-corrected chi connectivity index (χ3v) is 3.22. The summed E-state index contributed by atoms with van der Waals surface area (Å²) in [6.45, 7) is -0.463. The number of ether oxygens (including phenoxy) is 2. The van der Waals surface area contributed by atoms with Crippen molar-refractivity contribution in [2.24, 2.45) is 0 Å². The van der Waals surface area contributed by atoms with Crippen molar-refractivity contribution in [3.8, 4) is 0 Å². The van der Waals surface area contributed by atoms with Gasteiger partial charge in [0.2, 0.25) is 6.41 Å². The molecule has 21 heavy (non-hydrogen) atoms. The molecule has 1 fully saturated rings. The van der Waals surface area contributed by atoms with Crippen LogP contribution in [0.2, 0.25) is 0 Å². The Morgan fingerprint density at radius 3 is 2.86 bits per heavy atom. The van der Waals surface area contributed by atoms with Crippen LogP contribution in [0.25, 0.3) is 0 Å². The summed E-state index contributed by atoms with van der Waals surface area (Å²) < 4.78 is 11.4. The van der Waals surface area contributed by atoms with Gasteiger partial charge in [0.25, 0.3) is 5.56 Å². The summed E-state index contributed by atoms with van der Waals surface area (Å²) in [6, 6.07) is 0. The number of aromatic nitrogens is 2. The van der Waals surface area contributed by atoms with Crippen molar-refractivity contribution in [1.29, 1.82) is 0 Å². The maximum Gasteiger partial charge on any atom is 0.330 e. The van der Waals surface area contributed by atoms with Crippen molar-refractivity contribution in [3.63, 3.8) is 0 Å². The van der Waals surface area contributed by atoms with E-state index in [2.05, 4.69) is 5.32 Å². The number of methoxy groups -OCH3 is 1. The second kappa shape index (κ2) is 6.18. The van der Waals surface area contributed by atoms with Gasteiger partial charge in [-0.15, -0.1) is 0 Å². The van der Waals surface area contributed by atoms with Crippen LogP contribution in [-0.4, -0.2) is 58.2 Å². The largest absolute Gasteiger partial charge is 0.394 e. The van der Waals surface area contributed by atoms with Gasteiger partial charge in [-0.3, -0.25) is 19.1 Å². The Labute approximate surface area is 117 Å². The number of nitrogens with one attached hydrogen (secondary N) is 2. The Hall–Kier alpha value is -2.01. The third-order valence-electron chi connectivity index (χ3n) is 3.22. The van der Waals surface area contributed by atoms with Gasteiger partial charge in [-0.05, 0) is 0 Å². The van der Waals surface area contributed by atoms with Gasteiger partial charge in [-0.1, -0.05) is 0 Å². The fraction of sp³-hybridized carbons (Fsp3) is 0.545. The zero-order valence-electron chi connectivity index (χ0n) is 11.1. The summed E-state index contributed by atoms with van der Waals surface area (Å²) in [5.74, 6) is 0. The van der Waals surface area contributed by atoms with Crippen LogP contribution in [0.1, 0.15) is 6.23 Å². The molecule has 0 radical (unpaired) electrons. The zero-order valence-corrected chi connectivity index (χ0v) is 11.1. The molecular weight excluding hydrogens is 286 g/mol. The van der Waals surface area contributed by atoms with Gasteiger partial charge in [-0.2, -0.15) is 0 Å². The van der Waals surface area contributed by atoms with E-state index in [1.54, 1.807) is 0 Å². The minimum atomic E-state index is -1.15. The SMILES string of the molecule is CO[C@@H]1[C@H](O)[C@@H](CO)O[C@H]1n1cc(NC=O)c(=O)[nH]c1=O. The van der Waals surface area contributed by atoms with Gasteiger partial charge in [0.1, 0.15) is 24.0 Å². The van der Waals surface area contributed by atoms with Crippen molar-refractivity contribution in [2.45, 2.75) is 24.5 Å². The molecule has 0 saturated carbocycles. The van der Waals surface area contributed by atoms with E-state index in [0.29, 0.717) is 0 Å². The molecule has 0 bridgehead atoms.